The number of rotatable bonds is 8. The van der Waals surface area contributed by atoms with E-state index >= 15 is 0 Å². The Morgan fingerprint density at radius 3 is 2.00 bits per heavy atom. The Labute approximate surface area is 252 Å². The smallest absolute Gasteiger partial charge is 0.335 e. The summed E-state index contributed by atoms with van der Waals surface area (Å²) in [7, 11) is 0. The summed E-state index contributed by atoms with van der Waals surface area (Å²) in [6.07, 6.45) is 7.09. The molecule has 1 aromatic heterocycles. The lowest BCUT2D eigenvalue weighted by Crippen LogP contribution is -2.05. The molecule has 1 fully saturated rings. The van der Waals surface area contributed by atoms with Crippen LogP contribution in [0.25, 0.3) is 21.8 Å². The molecule has 0 saturated heterocycles. The summed E-state index contributed by atoms with van der Waals surface area (Å²) in [4.78, 5) is 23.5. The van der Waals surface area contributed by atoms with Crippen LogP contribution in [0.4, 0.5) is 0 Å². The Balaban J connectivity index is 0.000000351. The van der Waals surface area contributed by atoms with Gasteiger partial charge in [0.25, 0.3) is 0 Å². The molecule has 6 nitrogen and oxygen atoms in total. The van der Waals surface area contributed by atoms with Crippen molar-refractivity contribution in [2.45, 2.75) is 58.9 Å². The fourth-order valence-electron chi connectivity index (χ4n) is 6.22. The van der Waals surface area contributed by atoms with Crippen molar-refractivity contribution in [1.29, 1.82) is 0 Å². The minimum atomic E-state index is -0.879. The third-order valence-corrected chi connectivity index (χ3v) is 8.57. The number of hydrogen-bond donors (Lipinski definition) is 2. The molecule has 1 aliphatic rings. The van der Waals surface area contributed by atoms with Crippen LogP contribution in [0, 0.1) is 12.8 Å². The average molecular weight is 575 g/mol. The number of aromatic nitrogens is 1. The fourth-order valence-corrected chi connectivity index (χ4v) is 6.22. The molecule has 1 heterocycles. The molecule has 6 rings (SSSR count). The van der Waals surface area contributed by atoms with Gasteiger partial charge in [-0.1, -0.05) is 79.4 Å². The maximum absolute atomic E-state index is 13.3. The lowest BCUT2D eigenvalue weighted by molar-refractivity contribution is 0.0696. The van der Waals surface area contributed by atoms with E-state index in [0.29, 0.717) is 11.1 Å². The van der Waals surface area contributed by atoms with Gasteiger partial charge < -0.3 is 14.9 Å². The van der Waals surface area contributed by atoms with Gasteiger partial charge in [0.1, 0.15) is 0 Å². The number of carbonyl (C=O) groups excluding carboxylic acids is 1. The Hall–Kier alpha value is -4.71. The zero-order valence-corrected chi connectivity index (χ0v) is 24.8. The second-order valence-corrected chi connectivity index (χ2v) is 11.3. The lowest BCUT2D eigenvalue weighted by Gasteiger charge is -2.10. The number of aromatic carboxylic acids is 1. The largest absolute Gasteiger partial charge is 0.478 e. The molecule has 1 saturated carbocycles. The fraction of sp³-hybridized carbons (Fsp3) is 0.270. The van der Waals surface area contributed by atoms with Crippen molar-refractivity contribution >= 4 is 39.3 Å². The molecule has 0 spiro atoms. The third-order valence-electron chi connectivity index (χ3n) is 8.57. The highest BCUT2D eigenvalue weighted by molar-refractivity contribution is 6.16. The summed E-state index contributed by atoms with van der Waals surface area (Å²) >= 11 is 0. The number of nitrogens with zero attached hydrogens (tertiary/aromatic N) is 2. The Morgan fingerprint density at radius 2 is 1.42 bits per heavy atom. The zero-order chi connectivity index (χ0) is 30.3. The van der Waals surface area contributed by atoms with Crippen LogP contribution in [0.1, 0.15) is 82.9 Å². The van der Waals surface area contributed by atoms with E-state index in [1.807, 2.05) is 43.3 Å². The minimum absolute atomic E-state index is 0.0442. The predicted molar refractivity (Wildman–Crippen MR) is 173 cm³/mol. The SMILES string of the molecule is CCn1c2ccc(C(=O)c3ccccc3C)cc2c2cc(C(CCC3CCCC3)=NO)ccc21.O=C(O)c1ccccc1. The van der Waals surface area contributed by atoms with Crippen LogP contribution in [0.3, 0.4) is 0 Å². The average Bonchev–Trinajstić information content (AvgIpc) is 3.67. The number of carboxylic acid groups (broad SMARTS) is 1. The summed E-state index contributed by atoms with van der Waals surface area (Å²) in [5.74, 6) is -0.0872. The van der Waals surface area contributed by atoms with E-state index in [1.165, 1.54) is 25.7 Å². The molecule has 43 heavy (non-hydrogen) atoms. The predicted octanol–water partition coefficient (Wildman–Crippen LogP) is 8.89. The van der Waals surface area contributed by atoms with Crippen molar-refractivity contribution in [2.75, 3.05) is 0 Å². The molecule has 220 valence electrons. The number of ketones is 1. The van der Waals surface area contributed by atoms with Gasteiger partial charge in [-0.2, -0.15) is 0 Å². The van der Waals surface area contributed by atoms with E-state index in [9.17, 15) is 14.8 Å². The molecule has 1 aliphatic carbocycles. The Morgan fingerprint density at radius 1 is 0.814 bits per heavy atom. The van der Waals surface area contributed by atoms with E-state index < -0.39 is 5.97 Å². The van der Waals surface area contributed by atoms with Crippen molar-refractivity contribution in [3.05, 3.63) is 119 Å². The maximum atomic E-state index is 13.3. The molecule has 0 atom stereocenters. The molecule has 0 bridgehead atoms. The number of aryl methyl sites for hydroxylation is 2. The number of carboxylic acids is 1. The molecular weight excluding hydrogens is 536 g/mol. The molecular formula is C37H38N2O4. The quantitative estimate of drug-likeness (QED) is 0.0838. The molecule has 0 unspecified atom stereocenters. The monoisotopic (exact) mass is 574 g/mol. The minimum Gasteiger partial charge on any atom is -0.478 e. The first-order valence-corrected chi connectivity index (χ1v) is 15.1. The van der Waals surface area contributed by atoms with Crippen LogP contribution in [-0.2, 0) is 6.54 Å². The second kappa shape index (κ2) is 13.5. The van der Waals surface area contributed by atoms with Gasteiger partial charge in [-0.3, -0.25) is 4.79 Å². The zero-order valence-electron chi connectivity index (χ0n) is 24.8. The van der Waals surface area contributed by atoms with Crippen LogP contribution >= 0.6 is 0 Å². The van der Waals surface area contributed by atoms with E-state index in [4.69, 9.17) is 5.11 Å². The summed E-state index contributed by atoms with van der Waals surface area (Å²) in [5.41, 5.74) is 6.70. The summed E-state index contributed by atoms with van der Waals surface area (Å²) in [6.45, 7) is 4.96. The molecule has 2 N–H and O–H groups in total. The summed E-state index contributed by atoms with van der Waals surface area (Å²) < 4.78 is 2.28. The van der Waals surface area contributed by atoms with Crippen molar-refractivity contribution in [1.82, 2.24) is 4.57 Å². The van der Waals surface area contributed by atoms with Gasteiger partial charge in [-0.25, -0.2) is 4.79 Å². The van der Waals surface area contributed by atoms with Gasteiger partial charge in [0, 0.05) is 45.0 Å². The van der Waals surface area contributed by atoms with Gasteiger partial charge in [0.15, 0.2) is 5.78 Å². The third kappa shape index (κ3) is 6.54. The summed E-state index contributed by atoms with van der Waals surface area (Å²) in [5, 5.41) is 24.0. The molecule has 5 aromatic rings. The Kier molecular flexibility index (Phi) is 9.35. The van der Waals surface area contributed by atoms with Gasteiger partial charge >= 0.3 is 5.97 Å². The highest BCUT2D eigenvalue weighted by Crippen LogP contribution is 2.33. The normalized spacial score (nSPS) is 13.7. The second-order valence-electron chi connectivity index (χ2n) is 11.3. The van der Waals surface area contributed by atoms with E-state index in [2.05, 4.69) is 40.9 Å². The van der Waals surface area contributed by atoms with Crippen molar-refractivity contribution in [3.63, 3.8) is 0 Å². The van der Waals surface area contributed by atoms with Gasteiger partial charge in [0.2, 0.25) is 0 Å². The number of oxime groups is 1. The van der Waals surface area contributed by atoms with Crippen molar-refractivity contribution in [2.24, 2.45) is 11.1 Å². The van der Waals surface area contributed by atoms with Crippen LogP contribution < -0.4 is 0 Å². The standard InChI is InChI=1S/C30H32N2O2.C7H6O2/c1-3-32-28-16-13-22(27(31-34)15-12-21-9-5-6-10-21)18-25(28)26-19-23(14-17-29(26)32)30(33)24-11-7-4-8-20(24)2;8-7(9)6-4-2-1-3-5-6/h4,7-8,11,13-14,16-19,21,34H,3,5-6,9-10,12,15H2,1-2H3;1-5H,(H,8,9). The molecule has 0 amide bonds. The highest BCUT2D eigenvalue weighted by Gasteiger charge is 2.19. The molecule has 0 aliphatic heterocycles. The number of carbonyl (C=O) groups is 2. The van der Waals surface area contributed by atoms with Crippen molar-refractivity contribution < 1.29 is 19.9 Å². The first-order valence-electron chi connectivity index (χ1n) is 15.1. The maximum Gasteiger partial charge on any atom is 0.335 e. The topological polar surface area (TPSA) is 91.9 Å². The van der Waals surface area contributed by atoms with Gasteiger partial charge in [0.05, 0.1) is 11.3 Å². The number of fused-ring (bicyclic) bond motifs is 3. The highest BCUT2D eigenvalue weighted by atomic mass is 16.4. The van der Waals surface area contributed by atoms with Gasteiger partial charge in [-0.15, -0.1) is 0 Å². The van der Waals surface area contributed by atoms with Gasteiger partial charge in [-0.05, 0) is 80.6 Å². The summed E-state index contributed by atoms with van der Waals surface area (Å²) in [6, 6.07) is 28.4. The van der Waals surface area contributed by atoms with Crippen molar-refractivity contribution in [3.8, 4) is 0 Å². The van der Waals surface area contributed by atoms with Crippen LogP contribution in [0.15, 0.2) is 96.2 Å². The molecule has 6 heteroatoms. The van der Waals surface area contributed by atoms with E-state index in [-0.39, 0.29) is 5.78 Å². The van der Waals surface area contributed by atoms with E-state index in [1.54, 1.807) is 30.3 Å². The Bertz CT molecular complexity index is 1780. The molecule has 0 radical (unpaired) electrons. The van der Waals surface area contributed by atoms with Crippen LogP contribution in [-0.4, -0.2) is 32.3 Å². The lowest BCUT2D eigenvalue weighted by atomic mass is 9.95. The number of hydrogen-bond acceptors (Lipinski definition) is 4. The number of benzene rings is 4. The first kappa shape index (κ1) is 29.8. The first-order chi connectivity index (χ1) is 20.9. The van der Waals surface area contributed by atoms with Crippen LogP contribution in [0.5, 0.6) is 0 Å². The van der Waals surface area contributed by atoms with Crippen LogP contribution in [0.2, 0.25) is 0 Å². The van der Waals surface area contributed by atoms with E-state index in [0.717, 1.165) is 69.5 Å². The molecule has 4 aromatic carbocycles.